The summed E-state index contributed by atoms with van der Waals surface area (Å²) in [5.74, 6) is 0.906. The van der Waals surface area contributed by atoms with Crippen LogP contribution >= 0.6 is 0 Å². The quantitative estimate of drug-likeness (QED) is 0.554. The van der Waals surface area contributed by atoms with E-state index in [4.69, 9.17) is 9.47 Å². The molecule has 0 saturated heterocycles. The molecule has 0 saturated carbocycles. The van der Waals surface area contributed by atoms with E-state index in [0.29, 0.717) is 6.61 Å². The predicted molar refractivity (Wildman–Crippen MR) is 70.3 cm³/mol. The number of hydrogen-bond acceptors (Lipinski definition) is 3. The smallest absolute Gasteiger partial charge is 0.119 e. The van der Waals surface area contributed by atoms with Crippen LogP contribution < -0.4 is 10.1 Å². The van der Waals surface area contributed by atoms with Crippen molar-refractivity contribution < 1.29 is 9.47 Å². The molecule has 1 rings (SSSR count). The Morgan fingerprint density at radius 3 is 2.65 bits per heavy atom. The number of ether oxygens (including phenoxy) is 2. The molecule has 0 aliphatic heterocycles. The van der Waals surface area contributed by atoms with E-state index in [0.717, 1.165) is 25.4 Å². The Balaban J connectivity index is 2.29. The third kappa shape index (κ3) is 6.09. The van der Waals surface area contributed by atoms with Gasteiger partial charge in [0.2, 0.25) is 0 Å². The van der Waals surface area contributed by atoms with Gasteiger partial charge < -0.3 is 14.8 Å². The van der Waals surface area contributed by atoms with Gasteiger partial charge in [-0.05, 0) is 24.6 Å². The minimum Gasteiger partial charge on any atom is -0.490 e. The summed E-state index contributed by atoms with van der Waals surface area (Å²) in [6.07, 6.45) is 3.97. The molecule has 0 aliphatic carbocycles. The molecule has 0 radical (unpaired) electrons. The van der Waals surface area contributed by atoms with E-state index in [1.54, 1.807) is 7.11 Å². The summed E-state index contributed by atoms with van der Waals surface area (Å²) in [6, 6.07) is 8.14. The Morgan fingerprint density at radius 2 is 2.00 bits per heavy atom. The average Bonchev–Trinajstić information content (AvgIpc) is 2.37. The summed E-state index contributed by atoms with van der Waals surface area (Å²) in [4.78, 5) is 0. The lowest BCUT2D eigenvalue weighted by atomic mass is 10.2. The van der Waals surface area contributed by atoms with Crippen molar-refractivity contribution in [1.29, 1.82) is 0 Å². The summed E-state index contributed by atoms with van der Waals surface area (Å²) in [5.41, 5.74) is 1.25. The van der Waals surface area contributed by atoms with Gasteiger partial charge in [-0.25, -0.2) is 0 Å². The largest absolute Gasteiger partial charge is 0.490 e. The van der Waals surface area contributed by atoms with Crippen LogP contribution in [0.5, 0.6) is 5.75 Å². The molecule has 1 N–H and O–H groups in total. The number of hydrogen-bond donors (Lipinski definition) is 1. The van der Waals surface area contributed by atoms with Gasteiger partial charge >= 0.3 is 0 Å². The Kier molecular flexibility index (Phi) is 7.11. The Labute approximate surface area is 103 Å². The third-order valence-corrected chi connectivity index (χ3v) is 2.32. The van der Waals surface area contributed by atoms with Crippen LogP contribution in [0.25, 0.3) is 0 Å². The van der Waals surface area contributed by atoms with Crippen molar-refractivity contribution in [3.05, 3.63) is 42.0 Å². The highest BCUT2D eigenvalue weighted by atomic mass is 16.5. The Bertz CT molecular complexity index is 319. The first kappa shape index (κ1) is 13.7. The van der Waals surface area contributed by atoms with E-state index in [9.17, 15) is 0 Å². The van der Waals surface area contributed by atoms with Gasteiger partial charge in [-0.15, -0.1) is 0 Å². The first-order valence-electron chi connectivity index (χ1n) is 5.89. The van der Waals surface area contributed by atoms with Gasteiger partial charge in [-0.3, -0.25) is 0 Å². The summed E-state index contributed by atoms with van der Waals surface area (Å²) in [6.45, 7) is 5.08. The predicted octanol–water partition coefficient (Wildman–Crippen LogP) is 2.38. The molecule has 0 spiro atoms. The first-order valence-corrected chi connectivity index (χ1v) is 5.89. The molecule has 0 atom stereocenters. The summed E-state index contributed by atoms with van der Waals surface area (Å²) in [5, 5.41) is 3.30. The fourth-order valence-electron chi connectivity index (χ4n) is 1.35. The molecule has 0 aliphatic rings. The van der Waals surface area contributed by atoms with Crippen LogP contribution in [0.1, 0.15) is 12.5 Å². The number of allylic oxidation sites excluding steroid dienone is 1. The number of methoxy groups -OCH3 is 1. The fourth-order valence-corrected chi connectivity index (χ4v) is 1.35. The van der Waals surface area contributed by atoms with E-state index in [1.165, 1.54) is 5.56 Å². The maximum Gasteiger partial charge on any atom is 0.119 e. The van der Waals surface area contributed by atoms with Crippen molar-refractivity contribution in [3.8, 4) is 5.75 Å². The standard InChI is InChI=1S/C14H21NO2/c1-3-4-10-17-14-7-5-13(6-8-14)12-15-9-11-16-2/h3-8,15H,9-12H2,1-2H3. The average molecular weight is 235 g/mol. The van der Waals surface area contributed by atoms with Crippen molar-refractivity contribution >= 4 is 0 Å². The van der Waals surface area contributed by atoms with Crippen LogP contribution in [0.2, 0.25) is 0 Å². The zero-order chi connectivity index (χ0) is 12.3. The van der Waals surface area contributed by atoms with Crippen LogP contribution in [0.3, 0.4) is 0 Å². The number of nitrogens with one attached hydrogen (secondary N) is 1. The molecular formula is C14H21NO2. The van der Waals surface area contributed by atoms with Crippen molar-refractivity contribution in [2.45, 2.75) is 13.5 Å². The van der Waals surface area contributed by atoms with Crippen LogP contribution in [0, 0.1) is 0 Å². The molecule has 1 aromatic carbocycles. The van der Waals surface area contributed by atoms with Crippen molar-refractivity contribution in [2.75, 3.05) is 26.9 Å². The van der Waals surface area contributed by atoms with E-state index >= 15 is 0 Å². The molecule has 3 heteroatoms. The minimum absolute atomic E-state index is 0.627. The number of benzene rings is 1. The summed E-state index contributed by atoms with van der Waals surface area (Å²) >= 11 is 0. The molecular weight excluding hydrogens is 214 g/mol. The maximum absolute atomic E-state index is 5.52. The molecule has 1 aromatic rings. The normalized spacial score (nSPS) is 10.9. The fraction of sp³-hybridized carbons (Fsp3) is 0.429. The van der Waals surface area contributed by atoms with Gasteiger partial charge in [0.1, 0.15) is 12.4 Å². The zero-order valence-corrected chi connectivity index (χ0v) is 10.6. The molecule has 94 valence electrons. The summed E-state index contributed by atoms with van der Waals surface area (Å²) in [7, 11) is 1.71. The molecule has 0 heterocycles. The summed E-state index contributed by atoms with van der Waals surface area (Å²) < 4.78 is 10.5. The van der Waals surface area contributed by atoms with Crippen molar-refractivity contribution in [2.24, 2.45) is 0 Å². The molecule has 0 bridgehead atoms. The molecule has 0 aromatic heterocycles. The monoisotopic (exact) mass is 235 g/mol. The van der Waals surface area contributed by atoms with Crippen LogP contribution in [0.4, 0.5) is 0 Å². The number of rotatable bonds is 8. The Hall–Kier alpha value is -1.32. The lowest BCUT2D eigenvalue weighted by Crippen LogP contribution is -2.18. The molecule has 17 heavy (non-hydrogen) atoms. The van der Waals surface area contributed by atoms with Gasteiger partial charge in [0.05, 0.1) is 6.61 Å². The van der Waals surface area contributed by atoms with Gasteiger partial charge in [0.25, 0.3) is 0 Å². The van der Waals surface area contributed by atoms with E-state index in [-0.39, 0.29) is 0 Å². The highest BCUT2D eigenvalue weighted by molar-refractivity contribution is 5.27. The van der Waals surface area contributed by atoms with E-state index in [2.05, 4.69) is 17.4 Å². The van der Waals surface area contributed by atoms with Gasteiger partial charge in [-0.2, -0.15) is 0 Å². The second-order valence-corrected chi connectivity index (χ2v) is 3.69. The van der Waals surface area contributed by atoms with Crippen LogP contribution in [0.15, 0.2) is 36.4 Å². The molecule has 0 unspecified atom stereocenters. The lowest BCUT2D eigenvalue weighted by molar-refractivity contribution is 0.199. The van der Waals surface area contributed by atoms with Crippen molar-refractivity contribution in [3.63, 3.8) is 0 Å². The van der Waals surface area contributed by atoms with E-state index in [1.807, 2.05) is 31.2 Å². The van der Waals surface area contributed by atoms with Gasteiger partial charge in [0.15, 0.2) is 0 Å². The highest BCUT2D eigenvalue weighted by Crippen LogP contribution is 2.11. The maximum atomic E-state index is 5.52. The zero-order valence-electron chi connectivity index (χ0n) is 10.6. The Morgan fingerprint density at radius 1 is 1.24 bits per heavy atom. The van der Waals surface area contributed by atoms with Gasteiger partial charge in [0, 0.05) is 20.2 Å². The topological polar surface area (TPSA) is 30.5 Å². The first-order chi connectivity index (χ1) is 8.36. The SMILES string of the molecule is CC=CCOc1ccc(CNCCOC)cc1. The highest BCUT2D eigenvalue weighted by Gasteiger charge is 1.94. The second kappa shape index (κ2) is 8.79. The van der Waals surface area contributed by atoms with Crippen LogP contribution in [-0.2, 0) is 11.3 Å². The van der Waals surface area contributed by atoms with E-state index < -0.39 is 0 Å². The van der Waals surface area contributed by atoms with Crippen molar-refractivity contribution in [1.82, 2.24) is 5.32 Å². The minimum atomic E-state index is 0.627. The molecule has 0 fully saturated rings. The molecule has 3 nitrogen and oxygen atoms in total. The van der Waals surface area contributed by atoms with Gasteiger partial charge in [-0.1, -0.05) is 24.3 Å². The molecule has 0 amide bonds. The third-order valence-electron chi connectivity index (χ3n) is 2.32. The lowest BCUT2D eigenvalue weighted by Gasteiger charge is -2.06. The second-order valence-electron chi connectivity index (χ2n) is 3.69. The van der Waals surface area contributed by atoms with Crippen LogP contribution in [-0.4, -0.2) is 26.9 Å².